The van der Waals surface area contributed by atoms with E-state index in [1.807, 2.05) is 6.92 Å². The van der Waals surface area contributed by atoms with Crippen LogP contribution in [0, 0.1) is 0 Å². The number of ether oxygens (including phenoxy) is 2. The Labute approximate surface area is 145 Å². The van der Waals surface area contributed by atoms with Gasteiger partial charge in [0.25, 0.3) is 5.91 Å². The van der Waals surface area contributed by atoms with Crippen LogP contribution < -0.4 is 14.9 Å². The number of hydrogen-bond acceptors (Lipinski definition) is 5. The van der Waals surface area contributed by atoms with E-state index in [0.717, 1.165) is 12.8 Å². The van der Waals surface area contributed by atoms with Crippen molar-refractivity contribution in [3.63, 3.8) is 0 Å². The molecule has 0 atom stereocenters. The van der Waals surface area contributed by atoms with E-state index in [1.54, 1.807) is 36.3 Å². The molecule has 0 radical (unpaired) electrons. The lowest BCUT2D eigenvalue weighted by molar-refractivity contribution is 0.0783. The summed E-state index contributed by atoms with van der Waals surface area (Å²) >= 11 is 0. The lowest BCUT2D eigenvalue weighted by Gasteiger charge is -2.17. The molecule has 7 nitrogen and oxygen atoms in total. The van der Waals surface area contributed by atoms with Crippen LogP contribution in [0.15, 0.2) is 35.1 Å². The number of rotatable bonds is 5. The first-order chi connectivity index (χ1) is 12.1. The molecule has 0 N–H and O–H groups in total. The third-order valence-electron chi connectivity index (χ3n) is 4.10. The Morgan fingerprint density at radius 3 is 2.48 bits per heavy atom. The van der Waals surface area contributed by atoms with Gasteiger partial charge in [0.2, 0.25) is 11.3 Å². The normalized spacial score (nSPS) is 13.8. The molecule has 1 saturated heterocycles. The van der Waals surface area contributed by atoms with Crippen molar-refractivity contribution >= 4 is 5.91 Å². The van der Waals surface area contributed by atoms with Gasteiger partial charge in [0.15, 0.2) is 5.69 Å². The van der Waals surface area contributed by atoms with Gasteiger partial charge in [0.05, 0.1) is 25.5 Å². The van der Waals surface area contributed by atoms with Crippen molar-refractivity contribution in [1.29, 1.82) is 0 Å². The Bertz CT molecular complexity index is 808. The second kappa shape index (κ2) is 7.38. The monoisotopic (exact) mass is 343 g/mol. The van der Waals surface area contributed by atoms with Gasteiger partial charge in [0, 0.05) is 13.1 Å². The maximum absolute atomic E-state index is 12.6. The zero-order chi connectivity index (χ0) is 17.8. The number of carbonyl (C=O) groups excluding carboxylic acids is 1. The predicted octanol–water partition coefficient (Wildman–Crippen LogP) is 1.88. The Balaban J connectivity index is 2.05. The molecule has 2 aromatic rings. The predicted molar refractivity (Wildman–Crippen MR) is 92.7 cm³/mol. The van der Waals surface area contributed by atoms with Gasteiger partial charge >= 0.3 is 0 Å². The van der Waals surface area contributed by atoms with Crippen molar-refractivity contribution < 1.29 is 14.3 Å². The van der Waals surface area contributed by atoms with Crippen LogP contribution in [0.2, 0.25) is 0 Å². The van der Waals surface area contributed by atoms with Crippen LogP contribution in [-0.2, 0) is 0 Å². The van der Waals surface area contributed by atoms with E-state index in [2.05, 4.69) is 5.10 Å². The fourth-order valence-corrected chi connectivity index (χ4v) is 2.82. The summed E-state index contributed by atoms with van der Waals surface area (Å²) in [5.41, 5.74) is 0.172. The van der Waals surface area contributed by atoms with Crippen LogP contribution >= 0.6 is 0 Å². The van der Waals surface area contributed by atoms with Gasteiger partial charge in [-0.15, -0.1) is 0 Å². The number of benzene rings is 1. The second-order valence-corrected chi connectivity index (χ2v) is 5.74. The number of aromatic nitrogens is 2. The zero-order valence-electron chi connectivity index (χ0n) is 14.4. The van der Waals surface area contributed by atoms with E-state index in [-0.39, 0.29) is 11.6 Å². The molecule has 1 aromatic heterocycles. The molecule has 7 heteroatoms. The lowest BCUT2D eigenvalue weighted by Crippen LogP contribution is -2.34. The van der Waals surface area contributed by atoms with E-state index >= 15 is 0 Å². The van der Waals surface area contributed by atoms with Gasteiger partial charge in [0.1, 0.15) is 5.75 Å². The summed E-state index contributed by atoms with van der Waals surface area (Å²) in [6.07, 6.45) is 1.91. The first-order valence-electron chi connectivity index (χ1n) is 8.35. The zero-order valence-corrected chi connectivity index (χ0v) is 14.4. The molecule has 1 aliphatic rings. The number of amides is 1. The maximum atomic E-state index is 12.6. The smallest absolute Gasteiger partial charge is 0.278 e. The molecule has 0 bridgehead atoms. The van der Waals surface area contributed by atoms with Crippen LogP contribution in [0.5, 0.6) is 11.6 Å². The maximum Gasteiger partial charge on any atom is 0.278 e. The standard InChI is InChI=1S/C18H21N3O4/c1-3-25-16-12-15(22)17(18(23)20-10-4-5-11-20)19-21(16)13-6-8-14(24-2)9-7-13/h6-9,12H,3-5,10-11H2,1-2H3. The largest absolute Gasteiger partial charge is 0.497 e. The van der Waals surface area contributed by atoms with Crippen LogP contribution in [0.3, 0.4) is 0 Å². The second-order valence-electron chi connectivity index (χ2n) is 5.74. The summed E-state index contributed by atoms with van der Waals surface area (Å²) in [5, 5.41) is 4.31. The Morgan fingerprint density at radius 1 is 1.20 bits per heavy atom. The van der Waals surface area contributed by atoms with E-state index in [0.29, 0.717) is 37.0 Å². The molecule has 2 heterocycles. The highest BCUT2D eigenvalue weighted by molar-refractivity contribution is 5.92. The van der Waals surface area contributed by atoms with Gasteiger partial charge in [-0.25, -0.2) is 4.68 Å². The molecule has 25 heavy (non-hydrogen) atoms. The minimum Gasteiger partial charge on any atom is -0.497 e. The van der Waals surface area contributed by atoms with E-state index < -0.39 is 5.43 Å². The van der Waals surface area contributed by atoms with Crippen molar-refractivity contribution in [2.24, 2.45) is 0 Å². The van der Waals surface area contributed by atoms with Crippen molar-refractivity contribution in [2.75, 3.05) is 26.8 Å². The third-order valence-corrected chi connectivity index (χ3v) is 4.10. The minimum absolute atomic E-state index is 0.0822. The molecule has 132 valence electrons. The summed E-state index contributed by atoms with van der Waals surface area (Å²) in [4.78, 5) is 26.7. The van der Waals surface area contributed by atoms with Gasteiger partial charge in [-0.1, -0.05) is 0 Å². The number of carbonyl (C=O) groups is 1. The van der Waals surface area contributed by atoms with E-state index in [4.69, 9.17) is 9.47 Å². The Kier molecular flexibility index (Phi) is 5.02. The molecule has 3 rings (SSSR count). The molecule has 1 aromatic carbocycles. The van der Waals surface area contributed by atoms with Crippen molar-refractivity contribution in [3.05, 3.63) is 46.2 Å². The molecule has 1 amide bonds. The number of nitrogens with zero attached hydrogens (tertiary/aromatic N) is 3. The van der Waals surface area contributed by atoms with Crippen molar-refractivity contribution in [3.8, 4) is 17.3 Å². The number of likely N-dealkylation sites (tertiary alicyclic amines) is 1. The van der Waals surface area contributed by atoms with Crippen LogP contribution in [-0.4, -0.2) is 47.4 Å². The van der Waals surface area contributed by atoms with E-state index in [1.165, 1.54) is 10.7 Å². The first kappa shape index (κ1) is 17.0. The van der Waals surface area contributed by atoms with Gasteiger partial charge in [-0.05, 0) is 44.0 Å². The summed E-state index contributed by atoms with van der Waals surface area (Å²) in [6.45, 7) is 3.54. The molecule has 0 unspecified atom stereocenters. The third kappa shape index (κ3) is 3.50. The van der Waals surface area contributed by atoms with Gasteiger partial charge in [-0.2, -0.15) is 5.10 Å². The highest BCUT2D eigenvalue weighted by Crippen LogP contribution is 2.19. The fourth-order valence-electron chi connectivity index (χ4n) is 2.82. The summed E-state index contributed by atoms with van der Waals surface area (Å²) < 4.78 is 12.2. The molecule has 1 aliphatic heterocycles. The number of methoxy groups -OCH3 is 1. The molecule has 1 fully saturated rings. The molecule has 0 aliphatic carbocycles. The van der Waals surface area contributed by atoms with Crippen molar-refractivity contribution in [2.45, 2.75) is 19.8 Å². The summed E-state index contributed by atoms with van der Waals surface area (Å²) in [5.74, 6) is 0.680. The van der Waals surface area contributed by atoms with Crippen LogP contribution in [0.4, 0.5) is 0 Å². The van der Waals surface area contributed by atoms with Crippen LogP contribution in [0.1, 0.15) is 30.3 Å². The topological polar surface area (TPSA) is 73.7 Å². The summed E-state index contributed by atoms with van der Waals surface area (Å²) in [6, 6.07) is 8.48. The van der Waals surface area contributed by atoms with E-state index in [9.17, 15) is 9.59 Å². The molecule has 0 saturated carbocycles. The quantitative estimate of drug-likeness (QED) is 0.829. The molecular weight excluding hydrogens is 322 g/mol. The number of hydrogen-bond donors (Lipinski definition) is 0. The summed E-state index contributed by atoms with van der Waals surface area (Å²) in [7, 11) is 1.59. The lowest BCUT2D eigenvalue weighted by atomic mass is 10.3. The van der Waals surface area contributed by atoms with Crippen LogP contribution in [0.25, 0.3) is 5.69 Å². The SMILES string of the molecule is CCOc1cc(=O)c(C(=O)N2CCCC2)nn1-c1ccc(OC)cc1. The fraction of sp³-hybridized carbons (Fsp3) is 0.389. The van der Waals surface area contributed by atoms with Crippen molar-refractivity contribution in [1.82, 2.24) is 14.7 Å². The Morgan fingerprint density at radius 2 is 1.88 bits per heavy atom. The van der Waals surface area contributed by atoms with Gasteiger partial charge in [-0.3, -0.25) is 9.59 Å². The highest BCUT2D eigenvalue weighted by atomic mass is 16.5. The molecular formula is C18H21N3O4. The minimum atomic E-state index is -0.426. The van der Waals surface area contributed by atoms with Gasteiger partial charge < -0.3 is 14.4 Å². The highest BCUT2D eigenvalue weighted by Gasteiger charge is 2.24. The Hall–Kier alpha value is -2.83. The average Bonchev–Trinajstić information content (AvgIpc) is 3.16. The first-order valence-corrected chi connectivity index (χ1v) is 8.35. The average molecular weight is 343 g/mol. The molecule has 0 spiro atoms.